The molecule has 0 bridgehead atoms. The van der Waals surface area contributed by atoms with Gasteiger partial charge in [-0.25, -0.2) is 13.1 Å². The third-order valence-corrected chi connectivity index (χ3v) is 9.49. The first-order chi connectivity index (χ1) is 19.7. The average Bonchev–Trinajstić information content (AvgIpc) is 3.63. The molecular weight excluding hydrogens is 575 g/mol. The number of halogens is 3. The van der Waals surface area contributed by atoms with Crippen molar-refractivity contribution in [2.45, 2.75) is 55.1 Å². The number of hydrogen-bond acceptors (Lipinski definition) is 7. The van der Waals surface area contributed by atoms with Gasteiger partial charge in [-0.2, -0.15) is 13.2 Å². The smallest absolute Gasteiger partial charge is 0.417 e. The summed E-state index contributed by atoms with van der Waals surface area (Å²) in [4.78, 5) is 12.8. The predicted octanol–water partition coefficient (Wildman–Crippen LogP) is 4.27. The highest BCUT2D eigenvalue weighted by molar-refractivity contribution is 7.89. The molecule has 224 valence electrons. The van der Waals surface area contributed by atoms with Crippen LogP contribution in [0.3, 0.4) is 0 Å². The van der Waals surface area contributed by atoms with Gasteiger partial charge in [0.2, 0.25) is 16.8 Å². The van der Waals surface area contributed by atoms with E-state index in [-0.39, 0.29) is 30.1 Å². The Balaban J connectivity index is 1.47. The van der Waals surface area contributed by atoms with Gasteiger partial charge in [0, 0.05) is 6.42 Å². The fraction of sp³-hybridized carbons (Fsp3) is 0.367. The van der Waals surface area contributed by atoms with E-state index < -0.39 is 50.8 Å². The van der Waals surface area contributed by atoms with Gasteiger partial charge in [0.15, 0.2) is 11.5 Å². The van der Waals surface area contributed by atoms with Crippen LogP contribution in [0.4, 0.5) is 13.2 Å². The Morgan fingerprint density at radius 3 is 2.29 bits per heavy atom. The van der Waals surface area contributed by atoms with E-state index in [4.69, 9.17) is 9.47 Å². The van der Waals surface area contributed by atoms with Crippen molar-refractivity contribution in [2.75, 3.05) is 20.0 Å². The molecule has 0 aromatic heterocycles. The SMILES string of the molecule is Cc1ccc(CC(=O)C2(c3ccc4c(c3)OCO4)CC2)cc1-c1ccc(S(=O)(=O)NC(C)(CO)CO)cc1C(F)(F)F. The quantitative estimate of drug-likeness (QED) is 0.316. The Kier molecular flexibility index (Phi) is 7.63. The molecule has 0 radical (unpaired) electrons. The molecule has 3 aromatic carbocycles. The minimum Gasteiger partial charge on any atom is -0.454 e. The Morgan fingerprint density at radius 2 is 1.64 bits per heavy atom. The molecule has 0 spiro atoms. The molecule has 3 aromatic rings. The van der Waals surface area contributed by atoms with E-state index in [0.29, 0.717) is 41.5 Å². The van der Waals surface area contributed by atoms with Gasteiger partial charge in [0.25, 0.3) is 0 Å². The van der Waals surface area contributed by atoms with Crippen molar-refractivity contribution in [3.8, 4) is 22.6 Å². The Hall–Kier alpha value is -3.45. The van der Waals surface area contributed by atoms with E-state index in [1.165, 1.54) is 13.0 Å². The second-order valence-corrected chi connectivity index (χ2v) is 12.8. The zero-order valence-corrected chi connectivity index (χ0v) is 23.7. The van der Waals surface area contributed by atoms with E-state index in [9.17, 15) is 36.6 Å². The van der Waals surface area contributed by atoms with Crippen LogP contribution >= 0.6 is 0 Å². The van der Waals surface area contributed by atoms with E-state index in [1.807, 2.05) is 6.07 Å². The number of carbonyl (C=O) groups excluding carboxylic acids is 1. The standard InChI is InChI=1S/C30H30F3NO7S/c1-18-3-4-19(12-27(37)29(9-10-29)20-5-8-25-26(13-20)41-17-40-25)11-23(18)22-7-6-21(14-24(22)30(31,32)33)42(38,39)34-28(2,15-35)16-36/h3-8,11,13-14,34-36H,9-10,12,15-17H2,1-2H3. The lowest BCUT2D eigenvalue weighted by Gasteiger charge is -2.26. The van der Waals surface area contributed by atoms with Gasteiger partial charge in [-0.15, -0.1) is 0 Å². The fourth-order valence-corrected chi connectivity index (χ4v) is 6.55. The second-order valence-electron chi connectivity index (χ2n) is 11.1. The summed E-state index contributed by atoms with van der Waals surface area (Å²) in [5.74, 6) is 1.12. The van der Waals surface area contributed by atoms with Crippen LogP contribution in [0.1, 0.15) is 42.0 Å². The summed E-state index contributed by atoms with van der Waals surface area (Å²) >= 11 is 0. The third kappa shape index (κ3) is 5.63. The molecule has 1 heterocycles. The molecule has 12 heteroatoms. The van der Waals surface area contributed by atoms with Crippen molar-refractivity contribution < 1.29 is 46.1 Å². The van der Waals surface area contributed by atoms with Crippen LogP contribution in [0.5, 0.6) is 11.5 Å². The van der Waals surface area contributed by atoms with Crippen LogP contribution in [0.2, 0.25) is 0 Å². The van der Waals surface area contributed by atoms with Crippen molar-refractivity contribution >= 4 is 15.8 Å². The number of fused-ring (bicyclic) bond motifs is 1. The first-order valence-corrected chi connectivity index (χ1v) is 14.7. The molecule has 0 unspecified atom stereocenters. The minimum absolute atomic E-state index is 0.000355. The first-order valence-electron chi connectivity index (χ1n) is 13.2. The van der Waals surface area contributed by atoms with Gasteiger partial charge in [-0.05, 0) is 78.8 Å². The van der Waals surface area contributed by atoms with Crippen molar-refractivity contribution in [3.05, 3.63) is 76.9 Å². The number of hydrogen-bond donors (Lipinski definition) is 3. The number of ether oxygens (including phenoxy) is 2. The number of ketones is 1. The number of alkyl halides is 3. The average molecular weight is 606 g/mol. The van der Waals surface area contributed by atoms with Gasteiger partial charge in [-0.3, -0.25) is 4.79 Å². The molecule has 0 saturated heterocycles. The zero-order valence-electron chi connectivity index (χ0n) is 22.9. The molecule has 0 amide bonds. The maximum absolute atomic E-state index is 14.3. The van der Waals surface area contributed by atoms with Gasteiger partial charge in [0.05, 0.1) is 34.6 Å². The number of aliphatic hydroxyl groups excluding tert-OH is 2. The van der Waals surface area contributed by atoms with Gasteiger partial charge >= 0.3 is 6.18 Å². The van der Waals surface area contributed by atoms with Crippen LogP contribution in [-0.2, 0) is 32.8 Å². The normalized spacial score (nSPS) is 16.0. The largest absolute Gasteiger partial charge is 0.454 e. The molecule has 1 aliphatic carbocycles. The Bertz CT molecular complexity index is 1650. The highest BCUT2D eigenvalue weighted by Crippen LogP contribution is 2.51. The van der Waals surface area contributed by atoms with Crippen LogP contribution in [-0.4, -0.2) is 50.0 Å². The number of benzene rings is 3. The Morgan fingerprint density at radius 1 is 0.952 bits per heavy atom. The number of carbonyl (C=O) groups is 1. The molecule has 5 rings (SSSR count). The molecule has 1 aliphatic heterocycles. The summed E-state index contributed by atoms with van der Waals surface area (Å²) < 4.78 is 81.5. The molecule has 3 N–H and O–H groups in total. The zero-order chi connectivity index (χ0) is 30.5. The van der Waals surface area contributed by atoms with Crippen LogP contribution in [0.25, 0.3) is 11.1 Å². The molecule has 0 atom stereocenters. The molecule has 2 aliphatic rings. The topological polar surface area (TPSA) is 122 Å². The van der Waals surface area contributed by atoms with Crippen molar-refractivity contribution in [1.29, 1.82) is 0 Å². The van der Waals surface area contributed by atoms with E-state index in [0.717, 1.165) is 17.7 Å². The van der Waals surface area contributed by atoms with Crippen molar-refractivity contribution in [2.24, 2.45) is 0 Å². The lowest BCUT2D eigenvalue weighted by Crippen LogP contribution is -2.51. The van der Waals surface area contributed by atoms with Crippen LogP contribution in [0, 0.1) is 6.92 Å². The molecule has 8 nitrogen and oxygen atoms in total. The highest BCUT2D eigenvalue weighted by atomic mass is 32.2. The molecule has 1 saturated carbocycles. The first kappa shape index (κ1) is 30.0. The summed E-state index contributed by atoms with van der Waals surface area (Å²) in [7, 11) is -4.53. The molecular formula is C30H30F3NO7S. The summed E-state index contributed by atoms with van der Waals surface area (Å²) in [6.45, 7) is 1.43. The number of rotatable bonds is 10. The maximum atomic E-state index is 14.3. The number of nitrogens with one attached hydrogen (secondary N) is 1. The van der Waals surface area contributed by atoms with Gasteiger partial charge in [-0.1, -0.05) is 30.3 Å². The van der Waals surface area contributed by atoms with E-state index in [1.54, 1.807) is 31.2 Å². The summed E-state index contributed by atoms with van der Waals surface area (Å²) in [6.07, 6.45) is -3.61. The van der Waals surface area contributed by atoms with E-state index in [2.05, 4.69) is 4.72 Å². The minimum atomic E-state index is -4.91. The van der Waals surface area contributed by atoms with Crippen LogP contribution < -0.4 is 14.2 Å². The summed E-state index contributed by atoms with van der Waals surface area (Å²) in [6, 6.07) is 12.9. The number of aryl methyl sites for hydroxylation is 1. The maximum Gasteiger partial charge on any atom is 0.417 e. The summed E-state index contributed by atoms with van der Waals surface area (Å²) in [5, 5.41) is 18.9. The monoisotopic (exact) mass is 605 g/mol. The second kappa shape index (κ2) is 10.7. The van der Waals surface area contributed by atoms with Gasteiger partial charge in [0.1, 0.15) is 5.78 Å². The molecule has 1 fully saturated rings. The highest BCUT2D eigenvalue weighted by Gasteiger charge is 2.51. The predicted molar refractivity (Wildman–Crippen MR) is 147 cm³/mol. The van der Waals surface area contributed by atoms with Crippen molar-refractivity contribution in [3.63, 3.8) is 0 Å². The number of sulfonamides is 1. The van der Waals surface area contributed by atoms with Gasteiger partial charge < -0.3 is 19.7 Å². The number of aliphatic hydroxyl groups is 2. The van der Waals surface area contributed by atoms with Crippen molar-refractivity contribution in [1.82, 2.24) is 4.72 Å². The third-order valence-electron chi connectivity index (χ3n) is 7.85. The fourth-order valence-electron chi connectivity index (χ4n) is 5.13. The van der Waals surface area contributed by atoms with E-state index >= 15 is 0 Å². The summed E-state index contributed by atoms with van der Waals surface area (Å²) in [5.41, 5.74) is -1.71. The molecule has 42 heavy (non-hydrogen) atoms. The lowest BCUT2D eigenvalue weighted by molar-refractivity contribution is -0.137. The van der Waals surface area contributed by atoms with Crippen LogP contribution in [0.15, 0.2) is 59.5 Å². The number of Topliss-reactive ketones (excluding diaryl/α,β-unsaturated/α-hetero) is 1. The lowest BCUT2D eigenvalue weighted by atomic mass is 9.86. The Labute approximate surface area is 241 Å².